The van der Waals surface area contributed by atoms with E-state index in [0.29, 0.717) is 22.4 Å². The smallest absolute Gasteiger partial charge is 0.251 e. The molecule has 0 aliphatic rings. The summed E-state index contributed by atoms with van der Waals surface area (Å²) in [6, 6.07) is 23.4. The summed E-state index contributed by atoms with van der Waals surface area (Å²) in [5, 5.41) is 6.01. The number of carbonyl (C=O) groups excluding carboxylic acids is 2. The highest BCUT2D eigenvalue weighted by atomic mass is 19.1. The first-order chi connectivity index (χ1) is 20.8. The molecule has 6 nitrogen and oxygen atoms in total. The molecule has 0 saturated heterocycles. The predicted molar refractivity (Wildman–Crippen MR) is 159 cm³/mol. The number of nitrogens with two attached hydrogens (primary N) is 1. The van der Waals surface area contributed by atoms with E-state index in [-0.39, 0.29) is 24.4 Å². The van der Waals surface area contributed by atoms with E-state index in [1.54, 1.807) is 12.1 Å². The zero-order valence-electron chi connectivity index (χ0n) is 22.7. The van der Waals surface area contributed by atoms with Crippen molar-refractivity contribution in [3.8, 4) is 11.1 Å². The Kier molecular flexibility index (Phi) is 7.38. The summed E-state index contributed by atoms with van der Waals surface area (Å²) < 4.78 is 44.4. The average Bonchev–Trinajstić information content (AvgIpc) is 3.39. The summed E-state index contributed by atoms with van der Waals surface area (Å²) in [6.45, 7) is -0.0317. The van der Waals surface area contributed by atoms with E-state index >= 15 is 0 Å². The van der Waals surface area contributed by atoms with Gasteiger partial charge in [0.25, 0.3) is 5.91 Å². The van der Waals surface area contributed by atoms with Crippen LogP contribution in [0.1, 0.15) is 27.7 Å². The number of fused-ring (bicyclic) bond motifs is 3. The van der Waals surface area contributed by atoms with Crippen LogP contribution in [0.25, 0.3) is 32.8 Å². The number of carbonyl (C=O) groups is 2. The lowest BCUT2D eigenvalue weighted by Crippen LogP contribution is -2.33. The number of primary amides is 1. The molecule has 214 valence electrons. The van der Waals surface area contributed by atoms with Gasteiger partial charge in [0.1, 0.15) is 24.0 Å². The third-order valence-electron chi connectivity index (χ3n) is 7.38. The fraction of sp³-hybridized carbons (Fsp3) is 0.0882. The molecule has 4 aromatic carbocycles. The van der Waals surface area contributed by atoms with Gasteiger partial charge in [0.15, 0.2) is 0 Å². The number of benzene rings is 4. The second kappa shape index (κ2) is 11.4. The van der Waals surface area contributed by atoms with E-state index in [4.69, 9.17) is 5.73 Å². The molecule has 43 heavy (non-hydrogen) atoms. The molecule has 2 heterocycles. The van der Waals surface area contributed by atoms with Crippen molar-refractivity contribution < 1.29 is 22.8 Å². The number of pyridine rings is 1. The van der Waals surface area contributed by atoms with Crippen LogP contribution in [0.15, 0.2) is 103 Å². The Labute approximate surface area is 244 Å². The van der Waals surface area contributed by atoms with E-state index in [1.165, 1.54) is 30.5 Å². The predicted octanol–water partition coefficient (Wildman–Crippen LogP) is 6.47. The van der Waals surface area contributed by atoms with Crippen LogP contribution in [0, 0.1) is 17.5 Å². The molecular formula is C34H25F3N4O2. The highest BCUT2D eigenvalue weighted by Gasteiger charge is 2.23. The first-order valence-corrected chi connectivity index (χ1v) is 13.5. The van der Waals surface area contributed by atoms with Crippen molar-refractivity contribution in [3.05, 3.63) is 138 Å². The minimum absolute atomic E-state index is 0.00363. The van der Waals surface area contributed by atoms with Crippen molar-refractivity contribution >= 4 is 33.5 Å². The Balaban J connectivity index is 1.39. The van der Waals surface area contributed by atoms with Gasteiger partial charge >= 0.3 is 0 Å². The number of aromatic nitrogens is 2. The molecule has 0 bridgehead atoms. The molecule has 2 aromatic heterocycles. The molecule has 6 rings (SSSR count). The first-order valence-electron chi connectivity index (χ1n) is 13.5. The third kappa shape index (κ3) is 5.70. The van der Waals surface area contributed by atoms with Crippen LogP contribution in [0.5, 0.6) is 0 Å². The van der Waals surface area contributed by atoms with Crippen LogP contribution in [0.4, 0.5) is 13.2 Å². The standard InChI is InChI=1S/C34H25F3N4O2/c35-24-14-20(15-25(36)18-24)16-30(32-26(6-3-12-39-32)23-9-10-29(37)28(17-23)34(38)43)40-31(42)19-41-13-11-22-8-7-21-4-1-2-5-27(21)33(22)41/h1-15,17-18,30H,16,19H2,(H2,38,43)(H,40,42). The van der Waals surface area contributed by atoms with Gasteiger partial charge in [-0.2, -0.15) is 0 Å². The topological polar surface area (TPSA) is 90.0 Å². The summed E-state index contributed by atoms with van der Waals surface area (Å²) in [5.41, 5.74) is 7.57. The normalized spacial score (nSPS) is 12.0. The molecule has 2 amide bonds. The lowest BCUT2D eigenvalue weighted by atomic mass is 9.94. The van der Waals surface area contributed by atoms with Crippen molar-refractivity contribution in [1.29, 1.82) is 0 Å². The lowest BCUT2D eigenvalue weighted by molar-refractivity contribution is -0.122. The van der Waals surface area contributed by atoms with Crippen LogP contribution in [0.3, 0.4) is 0 Å². The van der Waals surface area contributed by atoms with Crippen LogP contribution in [0.2, 0.25) is 0 Å². The van der Waals surface area contributed by atoms with E-state index in [9.17, 15) is 22.8 Å². The molecule has 6 aromatic rings. The summed E-state index contributed by atoms with van der Waals surface area (Å²) >= 11 is 0. The summed E-state index contributed by atoms with van der Waals surface area (Å²) in [7, 11) is 0. The van der Waals surface area contributed by atoms with Gasteiger partial charge in [-0.05, 0) is 59.3 Å². The van der Waals surface area contributed by atoms with E-state index in [2.05, 4.69) is 10.3 Å². The molecule has 1 atom stereocenters. The molecule has 0 fully saturated rings. The zero-order valence-corrected chi connectivity index (χ0v) is 22.7. The molecule has 3 N–H and O–H groups in total. The largest absolute Gasteiger partial charge is 0.366 e. The number of rotatable bonds is 8. The molecule has 9 heteroatoms. The van der Waals surface area contributed by atoms with E-state index in [1.807, 2.05) is 53.2 Å². The van der Waals surface area contributed by atoms with Crippen molar-refractivity contribution in [2.75, 3.05) is 0 Å². The Hall–Kier alpha value is -5.44. The minimum atomic E-state index is -0.934. The highest BCUT2D eigenvalue weighted by molar-refractivity contribution is 6.06. The average molecular weight is 579 g/mol. The number of hydrogen-bond donors (Lipinski definition) is 2. The number of nitrogens with one attached hydrogen (secondary N) is 1. The molecule has 0 saturated carbocycles. The molecule has 0 aliphatic heterocycles. The summed E-state index contributed by atoms with van der Waals surface area (Å²) in [4.78, 5) is 30.0. The van der Waals surface area contributed by atoms with Crippen molar-refractivity contribution in [2.24, 2.45) is 5.73 Å². The number of hydrogen-bond acceptors (Lipinski definition) is 3. The maximum Gasteiger partial charge on any atom is 0.251 e. The second-order valence-corrected chi connectivity index (χ2v) is 10.3. The first kappa shape index (κ1) is 27.7. The quantitative estimate of drug-likeness (QED) is 0.217. The number of nitrogens with zero attached hydrogens (tertiary/aromatic N) is 2. The maximum absolute atomic E-state index is 14.3. The van der Waals surface area contributed by atoms with Gasteiger partial charge < -0.3 is 15.6 Å². The Morgan fingerprint density at radius 1 is 0.860 bits per heavy atom. The van der Waals surface area contributed by atoms with Crippen molar-refractivity contribution in [1.82, 2.24) is 14.9 Å². The Morgan fingerprint density at radius 2 is 1.63 bits per heavy atom. The maximum atomic E-state index is 14.3. The van der Waals surface area contributed by atoms with Gasteiger partial charge in [-0.3, -0.25) is 14.6 Å². The van der Waals surface area contributed by atoms with Crippen LogP contribution >= 0.6 is 0 Å². The van der Waals surface area contributed by atoms with Gasteiger partial charge in [-0.1, -0.05) is 48.5 Å². The fourth-order valence-electron chi connectivity index (χ4n) is 5.50. The lowest BCUT2D eigenvalue weighted by Gasteiger charge is -2.22. The summed E-state index contributed by atoms with van der Waals surface area (Å²) in [6.07, 6.45) is 3.36. The Morgan fingerprint density at radius 3 is 2.42 bits per heavy atom. The number of halogens is 3. The van der Waals surface area contributed by atoms with Crippen LogP contribution < -0.4 is 11.1 Å². The van der Waals surface area contributed by atoms with Crippen LogP contribution in [-0.4, -0.2) is 21.4 Å². The Bertz CT molecular complexity index is 2000. The SMILES string of the molecule is NC(=O)c1cc(-c2cccnc2C(Cc2cc(F)cc(F)c2)NC(=O)Cn2ccc3ccc4ccccc4c32)ccc1F. The molecule has 1 unspecified atom stereocenters. The van der Waals surface area contributed by atoms with Crippen molar-refractivity contribution in [3.63, 3.8) is 0 Å². The van der Waals surface area contributed by atoms with E-state index < -0.39 is 29.4 Å². The van der Waals surface area contributed by atoms with Gasteiger partial charge in [0, 0.05) is 34.8 Å². The summed E-state index contributed by atoms with van der Waals surface area (Å²) in [5.74, 6) is -3.57. The van der Waals surface area contributed by atoms with Gasteiger partial charge in [0.2, 0.25) is 5.91 Å². The molecular weight excluding hydrogens is 553 g/mol. The van der Waals surface area contributed by atoms with Crippen molar-refractivity contribution in [2.45, 2.75) is 19.0 Å². The molecule has 0 spiro atoms. The van der Waals surface area contributed by atoms with E-state index in [0.717, 1.165) is 33.8 Å². The van der Waals surface area contributed by atoms with Crippen LogP contribution in [-0.2, 0) is 17.8 Å². The zero-order chi connectivity index (χ0) is 30.1. The fourth-order valence-corrected chi connectivity index (χ4v) is 5.50. The molecule has 0 radical (unpaired) electrons. The number of amides is 2. The van der Waals surface area contributed by atoms with Gasteiger partial charge in [-0.15, -0.1) is 0 Å². The van der Waals surface area contributed by atoms with Gasteiger partial charge in [-0.25, -0.2) is 13.2 Å². The highest BCUT2D eigenvalue weighted by Crippen LogP contribution is 2.31. The second-order valence-electron chi connectivity index (χ2n) is 10.3. The third-order valence-corrected chi connectivity index (χ3v) is 7.38. The van der Waals surface area contributed by atoms with Gasteiger partial charge in [0.05, 0.1) is 22.8 Å². The minimum Gasteiger partial charge on any atom is -0.366 e. The monoisotopic (exact) mass is 578 g/mol. The molecule has 0 aliphatic carbocycles.